The lowest BCUT2D eigenvalue weighted by Gasteiger charge is -2.19. The van der Waals surface area contributed by atoms with Crippen LogP contribution in [0.3, 0.4) is 0 Å². The fraction of sp³-hybridized carbons (Fsp3) is 0.444. The molecule has 1 unspecified atom stereocenters. The zero-order valence-electron chi connectivity index (χ0n) is 8.86. The smallest absolute Gasteiger partial charge is 0.393 e. The molecule has 0 aliphatic heterocycles. The second kappa shape index (κ2) is 4.82. The van der Waals surface area contributed by atoms with E-state index in [2.05, 4.69) is 17.2 Å². The Labute approximate surface area is 100 Å². The third-order valence-electron chi connectivity index (χ3n) is 2.13. The Balaban J connectivity index is 3.03. The SMILES string of the molecule is Cc1cc(=O)n(CC(C(N)=S)C(F)(F)F)cn1. The number of nitrogens with two attached hydrogens (primary N) is 1. The first kappa shape index (κ1) is 13.6. The van der Waals surface area contributed by atoms with Crippen LogP contribution < -0.4 is 11.3 Å². The van der Waals surface area contributed by atoms with Gasteiger partial charge in [-0.1, -0.05) is 12.2 Å². The van der Waals surface area contributed by atoms with E-state index in [9.17, 15) is 18.0 Å². The maximum Gasteiger partial charge on any atom is 0.399 e. The van der Waals surface area contributed by atoms with Gasteiger partial charge in [0.05, 0.1) is 11.3 Å². The van der Waals surface area contributed by atoms with Crippen molar-refractivity contribution in [2.24, 2.45) is 11.7 Å². The molecule has 8 heteroatoms. The standard InChI is InChI=1S/C9H10F3N3OS/c1-5-2-7(16)15(4-14-5)3-6(8(13)17)9(10,11)12/h2,4,6H,3H2,1H3,(H2,13,17). The Kier molecular flexibility index (Phi) is 3.87. The minimum absolute atomic E-state index is 0.435. The quantitative estimate of drug-likeness (QED) is 0.829. The molecule has 1 heterocycles. The first-order valence-corrected chi connectivity index (χ1v) is 5.01. The van der Waals surface area contributed by atoms with Gasteiger partial charge in [0.15, 0.2) is 0 Å². The molecule has 0 fully saturated rings. The maximum absolute atomic E-state index is 12.6. The van der Waals surface area contributed by atoms with E-state index in [0.717, 1.165) is 17.0 Å². The van der Waals surface area contributed by atoms with E-state index in [1.807, 2.05) is 0 Å². The van der Waals surface area contributed by atoms with Crippen LogP contribution in [0.5, 0.6) is 0 Å². The third-order valence-corrected chi connectivity index (χ3v) is 2.42. The van der Waals surface area contributed by atoms with Crippen LogP contribution in [-0.4, -0.2) is 20.7 Å². The molecule has 4 nitrogen and oxygen atoms in total. The summed E-state index contributed by atoms with van der Waals surface area (Å²) in [5.41, 5.74) is 4.89. The Bertz CT molecular complexity index is 483. The third kappa shape index (κ3) is 3.52. The number of rotatable bonds is 3. The van der Waals surface area contributed by atoms with Crippen LogP contribution in [0.2, 0.25) is 0 Å². The lowest BCUT2D eigenvalue weighted by molar-refractivity contribution is -0.158. The fourth-order valence-corrected chi connectivity index (χ4v) is 1.41. The highest BCUT2D eigenvalue weighted by atomic mass is 32.1. The average molecular weight is 265 g/mol. The van der Waals surface area contributed by atoms with Crippen molar-refractivity contribution in [2.75, 3.05) is 0 Å². The molecule has 0 aliphatic carbocycles. The van der Waals surface area contributed by atoms with Crippen LogP contribution in [0.25, 0.3) is 0 Å². The van der Waals surface area contributed by atoms with Crippen LogP contribution >= 0.6 is 12.2 Å². The highest BCUT2D eigenvalue weighted by Gasteiger charge is 2.42. The number of alkyl halides is 3. The maximum atomic E-state index is 12.6. The molecule has 0 radical (unpaired) electrons. The van der Waals surface area contributed by atoms with Crippen LogP contribution in [0.15, 0.2) is 17.2 Å². The van der Waals surface area contributed by atoms with Gasteiger partial charge < -0.3 is 5.73 Å². The van der Waals surface area contributed by atoms with Crippen molar-refractivity contribution in [3.8, 4) is 0 Å². The second-order valence-electron chi connectivity index (χ2n) is 3.52. The minimum atomic E-state index is -4.57. The molecule has 0 saturated carbocycles. The van der Waals surface area contributed by atoms with E-state index in [0.29, 0.717) is 5.69 Å². The number of halogens is 3. The number of nitrogens with zero attached hydrogens (tertiary/aromatic N) is 2. The van der Waals surface area contributed by atoms with Crippen molar-refractivity contribution in [3.05, 3.63) is 28.4 Å². The van der Waals surface area contributed by atoms with Gasteiger partial charge in [-0.15, -0.1) is 0 Å². The van der Waals surface area contributed by atoms with Crippen LogP contribution in [0.4, 0.5) is 13.2 Å². The molecule has 1 aromatic rings. The Hall–Kier alpha value is -1.44. The van der Waals surface area contributed by atoms with Crippen LogP contribution in [0, 0.1) is 12.8 Å². The number of aryl methyl sites for hydroxylation is 1. The Morgan fingerprint density at radius 2 is 2.24 bits per heavy atom. The van der Waals surface area contributed by atoms with Gasteiger partial charge in [-0.2, -0.15) is 13.2 Å². The number of thiocarbonyl (C=S) groups is 1. The molecular weight excluding hydrogens is 255 g/mol. The molecular formula is C9H10F3N3OS. The van der Waals surface area contributed by atoms with Crippen molar-refractivity contribution in [1.29, 1.82) is 0 Å². The summed E-state index contributed by atoms with van der Waals surface area (Å²) in [5, 5.41) is 0. The van der Waals surface area contributed by atoms with E-state index in [1.54, 1.807) is 6.92 Å². The van der Waals surface area contributed by atoms with Crippen LogP contribution in [-0.2, 0) is 6.54 Å². The van der Waals surface area contributed by atoms with Crippen molar-refractivity contribution >= 4 is 17.2 Å². The predicted molar refractivity (Wildman–Crippen MR) is 59.6 cm³/mol. The van der Waals surface area contributed by atoms with Crippen molar-refractivity contribution in [3.63, 3.8) is 0 Å². The Morgan fingerprint density at radius 1 is 1.65 bits per heavy atom. The lowest BCUT2D eigenvalue weighted by Crippen LogP contribution is -2.39. The van der Waals surface area contributed by atoms with Crippen molar-refractivity contribution in [2.45, 2.75) is 19.6 Å². The normalized spacial score (nSPS) is 13.4. The molecule has 0 bridgehead atoms. The highest BCUT2D eigenvalue weighted by molar-refractivity contribution is 7.80. The zero-order chi connectivity index (χ0) is 13.2. The van der Waals surface area contributed by atoms with Gasteiger partial charge in [-0.25, -0.2) is 4.98 Å². The predicted octanol–water partition coefficient (Wildman–Crippen LogP) is 1.02. The van der Waals surface area contributed by atoms with E-state index >= 15 is 0 Å². The highest BCUT2D eigenvalue weighted by Crippen LogP contribution is 2.27. The minimum Gasteiger partial charge on any atom is -0.393 e. The topological polar surface area (TPSA) is 60.9 Å². The summed E-state index contributed by atoms with van der Waals surface area (Å²) in [6, 6.07) is 1.15. The number of aromatic nitrogens is 2. The molecule has 1 atom stereocenters. The molecule has 1 aromatic heterocycles. The van der Waals surface area contributed by atoms with Gasteiger partial charge in [0, 0.05) is 18.3 Å². The van der Waals surface area contributed by atoms with Gasteiger partial charge in [-0.05, 0) is 6.92 Å². The molecule has 94 valence electrons. The number of hydrogen-bond acceptors (Lipinski definition) is 3. The first-order chi connectivity index (χ1) is 7.71. The van der Waals surface area contributed by atoms with E-state index in [-0.39, 0.29) is 0 Å². The summed E-state index contributed by atoms with van der Waals surface area (Å²) in [6.45, 7) is 0.922. The Morgan fingerprint density at radius 3 is 2.65 bits per heavy atom. The number of hydrogen-bond donors (Lipinski definition) is 1. The van der Waals surface area contributed by atoms with Gasteiger partial charge in [0.1, 0.15) is 5.92 Å². The van der Waals surface area contributed by atoms with Gasteiger partial charge >= 0.3 is 6.18 Å². The summed E-state index contributed by atoms with van der Waals surface area (Å²) in [6.07, 6.45) is -3.52. The van der Waals surface area contributed by atoms with Gasteiger partial charge in [0.2, 0.25) is 0 Å². The molecule has 17 heavy (non-hydrogen) atoms. The fourth-order valence-electron chi connectivity index (χ4n) is 1.21. The van der Waals surface area contributed by atoms with Gasteiger partial charge in [0.25, 0.3) is 5.56 Å². The second-order valence-corrected chi connectivity index (χ2v) is 3.99. The van der Waals surface area contributed by atoms with Crippen molar-refractivity contribution < 1.29 is 13.2 Å². The van der Waals surface area contributed by atoms with E-state index in [4.69, 9.17) is 5.73 Å². The molecule has 0 saturated heterocycles. The largest absolute Gasteiger partial charge is 0.399 e. The molecule has 2 N–H and O–H groups in total. The molecule has 0 spiro atoms. The summed E-state index contributed by atoms with van der Waals surface area (Å²) < 4.78 is 38.5. The first-order valence-electron chi connectivity index (χ1n) is 4.61. The van der Waals surface area contributed by atoms with Crippen LogP contribution in [0.1, 0.15) is 5.69 Å². The zero-order valence-corrected chi connectivity index (χ0v) is 9.68. The van der Waals surface area contributed by atoms with Crippen molar-refractivity contribution in [1.82, 2.24) is 9.55 Å². The summed E-state index contributed by atoms with van der Waals surface area (Å²) in [4.78, 5) is 14.5. The summed E-state index contributed by atoms with van der Waals surface area (Å²) in [7, 11) is 0. The average Bonchev–Trinajstić information content (AvgIpc) is 2.13. The van der Waals surface area contributed by atoms with Gasteiger partial charge in [-0.3, -0.25) is 9.36 Å². The molecule has 0 aromatic carbocycles. The lowest BCUT2D eigenvalue weighted by atomic mass is 10.1. The summed E-state index contributed by atoms with van der Waals surface area (Å²) >= 11 is 4.36. The molecule has 1 rings (SSSR count). The van der Waals surface area contributed by atoms with E-state index < -0.39 is 29.2 Å². The monoisotopic (exact) mass is 265 g/mol. The molecule has 0 aliphatic rings. The van der Waals surface area contributed by atoms with E-state index in [1.165, 1.54) is 0 Å². The summed E-state index contributed by atoms with van der Waals surface area (Å²) in [5.74, 6) is -2.03. The molecule has 0 amide bonds.